The van der Waals surface area contributed by atoms with Gasteiger partial charge in [0.1, 0.15) is 5.75 Å². The van der Waals surface area contributed by atoms with Gasteiger partial charge in [-0.15, -0.1) is 0 Å². The first kappa shape index (κ1) is 12.2. The Balaban J connectivity index is 2.07. The van der Waals surface area contributed by atoms with E-state index in [0.29, 0.717) is 13.2 Å². The van der Waals surface area contributed by atoms with Gasteiger partial charge < -0.3 is 4.74 Å². The summed E-state index contributed by atoms with van der Waals surface area (Å²) in [7, 11) is 0. The normalized spacial score (nSPS) is 14.3. The second-order valence-corrected chi connectivity index (χ2v) is 5.25. The Kier molecular flexibility index (Phi) is 3.21. The molecule has 3 rings (SSSR count). The maximum atomic E-state index is 12.1. The lowest BCUT2D eigenvalue weighted by Crippen LogP contribution is -2.29. The SMILES string of the molecule is CCOc1cccc(/C=c2/sc3n(c2=O)CCN=3)c1. The van der Waals surface area contributed by atoms with Crippen molar-refractivity contribution in [1.29, 1.82) is 0 Å². The van der Waals surface area contributed by atoms with Crippen LogP contribution in [0, 0.1) is 0 Å². The summed E-state index contributed by atoms with van der Waals surface area (Å²) in [6.07, 6.45) is 1.90. The van der Waals surface area contributed by atoms with Crippen LogP contribution in [-0.2, 0) is 6.54 Å². The third-order valence-corrected chi connectivity index (χ3v) is 3.97. The van der Waals surface area contributed by atoms with E-state index in [0.717, 1.165) is 27.2 Å². The summed E-state index contributed by atoms with van der Waals surface area (Å²) in [4.78, 5) is 17.3. The van der Waals surface area contributed by atoms with Crippen LogP contribution in [0.25, 0.3) is 6.08 Å². The van der Waals surface area contributed by atoms with Crippen LogP contribution in [0.3, 0.4) is 0 Å². The highest BCUT2D eigenvalue weighted by Gasteiger charge is 2.09. The second kappa shape index (κ2) is 5.01. The lowest BCUT2D eigenvalue weighted by Gasteiger charge is -2.02. The Morgan fingerprint density at radius 1 is 1.53 bits per heavy atom. The first-order chi connectivity index (χ1) is 9.28. The maximum absolute atomic E-state index is 12.1. The van der Waals surface area contributed by atoms with E-state index in [1.54, 1.807) is 4.57 Å². The second-order valence-electron chi connectivity index (χ2n) is 4.24. The number of nitrogens with zero attached hydrogens (tertiary/aromatic N) is 2. The van der Waals surface area contributed by atoms with Gasteiger partial charge in [0.2, 0.25) is 0 Å². The number of rotatable bonds is 3. The largest absolute Gasteiger partial charge is 0.494 e. The van der Waals surface area contributed by atoms with Crippen LogP contribution in [0.1, 0.15) is 12.5 Å². The molecule has 0 saturated carbocycles. The fourth-order valence-corrected chi connectivity index (χ4v) is 3.11. The van der Waals surface area contributed by atoms with Crippen LogP contribution in [0.4, 0.5) is 0 Å². The fraction of sp³-hybridized carbons (Fsp3) is 0.286. The summed E-state index contributed by atoms with van der Waals surface area (Å²) in [6.45, 7) is 4.02. The molecular weight excluding hydrogens is 260 g/mol. The number of aromatic nitrogens is 1. The summed E-state index contributed by atoms with van der Waals surface area (Å²) >= 11 is 1.45. The zero-order chi connectivity index (χ0) is 13.2. The van der Waals surface area contributed by atoms with Gasteiger partial charge in [-0.1, -0.05) is 23.5 Å². The summed E-state index contributed by atoms with van der Waals surface area (Å²) < 4.78 is 7.93. The highest BCUT2D eigenvalue weighted by molar-refractivity contribution is 7.07. The topological polar surface area (TPSA) is 43.6 Å². The Bertz CT molecular complexity index is 773. The molecule has 0 atom stereocenters. The fourth-order valence-electron chi connectivity index (χ4n) is 2.08. The molecular formula is C14H14N2O2S. The molecule has 0 saturated heterocycles. The summed E-state index contributed by atoms with van der Waals surface area (Å²) in [6, 6.07) is 7.75. The van der Waals surface area contributed by atoms with Crippen molar-refractivity contribution in [1.82, 2.24) is 4.57 Å². The molecule has 1 aliphatic rings. The van der Waals surface area contributed by atoms with Gasteiger partial charge in [-0.3, -0.25) is 14.4 Å². The third kappa shape index (κ3) is 2.33. The minimum atomic E-state index is 0.0584. The quantitative estimate of drug-likeness (QED) is 0.830. The molecule has 98 valence electrons. The van der Waals surface area contributed by atoms with Crippen molar-refractivity contribution in [3.63, 3.8) is 0 Å². The molecule has 4 nitrogen and oxygen atoms in total. The van der Waals surface area contributed by atoms with Gasteiger partial charge in [0.15, 0.2) is 4.80 Å². The summed E-state index contributed by atoms with van der Waals surface area (Å²) in [5, 5.41) is 0. The predicted molar refractivity (Wildman–Crippen MR) is 75.4 cm³/mol. The van der Waals surface area contributed by atoms with Crippen LogP contribution < -0.4 is 19.6 Å². The van der Waals surface area contributed by atoms with Crippen LogP contribution in [-0.4, -0.2) is 17.7 Å². The minimum absolute atomic E-state index is 0.0584. The first-order valence-corrected chi connectivity index (χ1v) is 7.08. The molecule has 2 heterocycles. The number of hydrogen-bond acceptors (Lipinski definition) is 4. The van der Waals surface area contributed by atoms with Crippen LogP contribution >= 0.6 is 11.3 Å². The van der Waals surface area contributed by atoms with Gasteiger partial charge in [-0.25, -0.2) is 0 Å². The van der Waals surface area contributed by atoms with Crippen molar-refractivity contribution in [2.24, 2.45) is 4.99 Å². The van der Waals surface area contributed by atoms with E-state index in [1.807, 2.05) is 37.3 Å². The molecule has 0 aliphatic carbocycles. The van der Waals surface area contributed by atoms with Crippen molar-refractivity contribution in [3.8, 4) is 5.75 Å². The molecule has 19 heavy (non-hydrogen) atoms. The first-order valence-electron chi connectivity index (χ1n) is 6.26. The van der Waals surface area contributed by atoms with Gasteiger partial charge in [0.05, 0.1) is 17.7 Å². The van der Waals surface area contributed by atoms with Gasteiger partial charge >= 0.3 is 0 Å². The van der Waals surface area contributed by atoms with Gasteiger partial charge in [0, 0.05) is 6.54 Å². The van der Waals surface area contributed by atoms with Crippen molar-refractivity contribution in [2.45, 2.75) is 13.5 Å². The van der Waals surface area contributed by atoms with E-state index in [-0.39, 0.29) is 5.56 Å². The Morgan fingerprint density at radius 3 is 3.21 bits per heavy atom. The molecule has 1 aromatic carbocycles. The summed E-state index contributed by atoms with van der Waals surface area (Å²) in [5.74, 6) is 0.824. The van der Waals surface area contributed by atoms with Crippen molar-refractivity contribution >= 4 is 17.4 Å². The van der Waals surface area contributed by atoms with Gasteiger partial charge in [-0.05, 0) is 30.7 Å². The Hall–Kier alpha value is -1.88. The molecule has 0 amide bonds. The predicted octanol–water partition coefficient (Wildman–Crippen LogP) is 0.770. The number of thiazole rings is 1. The molecule has 0 N–H and O–H groups in total. The third-order valence-electron chi connectivity index (χ3n) is 2.93. The molecule has 0 unspecified atom stereocenters. The zero-order valence-corrected chi connectivity index (χ0v) is 11.4. The van der Waals surface area contributed by atoms with Crippen molar-refractivity contribution in [3.05, 3.63) is 49.5 Å². The highest BCUT2D eigenvalue weighted by Crippen LogP contribution is 2.13. The average molecular weight is 274 g/mol. The van der Waals surface area contributed by atoms with Crippen LogP contribution in [0.2, 0.25) is 0 Å². The van der Waals surface area contributed by atoms with E-state index in [4.69, 9.17) is 4.74 Å². The standard InChI is InChI=1S/C14H14N2O2S/c1-2-18-11-5-3-4-10(8-11)9-12-13(17)16-7-6-15-14(16)19-12/h3-5,8-9H,2,6-7H2,1H3/b12-9+. The molecule has 0 fully saturated rings. The van der Waals surface area contributed by atoms with Crippen LogP contribution in [0.5, 0.6) is 5.75 Å². The number of hydrogen-bond donors (Lipinski definition) is 0. The van der Waals surface area contributed by atoms with Crippen LogP contribution in [0.15, 0.2) is 34.1 Å². The van der Waals surface area contributed by atoms with E-state index in [1.165, 1.54) is 11.3 Å². The lowest BCUT2D eigenvalue weighted by molar-refractivity contribution is 0.340. The van der Waals surface area contributed by atoms with Gasteiger partial charge in [0.25, 0.3) is 5.56 Å². The minimum Gasteiger partial charge on any atom is -0.494 e. The molecule has 1 aromatic heterocycles. The monoisotopic (exact) mass is 274 g/mol. The summed E-state index contributed by atoms with van der Waals surface area (Å²) in [5.41, 5.74) is 1.03. The van der Waals surface area contributed by atoms with E-state index < -0.39 is 0 Å². The number of ether oxygens (including phenoxy) is 1. The molecule has 2 aromatic rings. The molecule has 5 heteroatoms. The molecule has 1 aliphatic heterocycles. The molecule has 0 spiro atoms. The Labute approximate surface area is 114 Å². The lowest BCUT2D eigenvalue weighted by atomic mass is 10.2. The van der Waals surface area contributed by atoms with Crippen molar-refractivity contribution < 1.29 is 4.74 Å². The molecule has 0 bridgehead atoms. The van der Waals surface area contributed by atoms with Gasteiger partial charge in [-0.2, -0.15) is 0 Å². The van der Waals surface area contributed by atoms with E-state index >= 15 is 0 Å². The Morgan fingerprint density at radius 2 is 2.42 bits per heavy atom. The number of fused-ring (bicyclic) bond motifs is 1. The van der Waals surface area contributed by atoms with E-state index in [9.17, 15) is 4.79 Å². The zero-order valence-electron chi connectivity index (χ0n) is 10.6. The highest BCUT2D eigenvalue weighted by atomic mass is 32.1. The molecule has 0 radical (unpaired) electrons. The number of benzene rings is 1. The smallest absolute Gasteiger partial charge is 0.270 e. The van der Waals surface area contributed by atoms with Crippen molar-refractivity contribution in [2.75, 3.05) is 13.2 Å². The maximum Gasteiger partial charge on any atom is 0.270 e. The van der Waals surface area contributed by atoms with E-state index in [2.05, 4.69) is 4.99 Å². The average Bonchev–Trinajstić information content (AvgIpc) is 2.95.